The number of nitrogens with one attached hydrogen (secondary N) is 1. The Morgan fingerprint density at radius 2 is 2.00 bits per heavy atom. The van der Waals surface area contributed by atoms with Crippen LogP contribution in [0.3, 0.4) is 0 Å². The van der Waals surface area contributed by atoms with Crippen molar-refractivity contribution in [2.45, 2.75) is 70.9 Å². The molecule has 2 atom stereocenters. The molecule has 0 heterocycles. The second kappa shape index (κ2) is 8.97. The van der Waals surface area contributed by atoms with E-state index in [-0.39, 0.29) is 12.1 Å². The Morgan fingerprint density at radius 3 is 2.44 bits per heavy atom. The molecule has 0 saturated carbocycles. The molecule has 0 aromatic carbocycles. The van der Waals surface area contributed by atoms with Crippen molar-refractivity contribution in [3.8, 4) is 0 Å². The molecule has 98 valence electrons. The summed E-state index contributed by atoms with van der Waals surface area (Å²) in [5, 5.41) is 12.5. The van der Waals surface area contributed by atoms with E-state index in [9.17, 15) is 0 Å². The van der Waals surface area contributed by atoms with E-state index in [4.69, 9.17) is 10.8 Å². The number of aliphatic hydroxyl groups is 1. The molecule has 0 radical (unpaired) electrons. The van der Waals surface area contributed by atoms with Crippen molar-refractivity contribution in [2.24, 2.45) is 5.73 Å². The summed E-state index contributed by atoms with van der Waals surface area (Å²) in [5.74, 6) is 0. The van der Waals surface area contributed by atoms with Gasteiger partial charge in [0, 0.05) is 24.7 Å². The molecule has 0 aromatic rings. The van der Waals surface area contributed by atoms with E-state index < -0.39 is 0 Å². The van der Waals surface area contributed by atoms with Gasteiger partial charge in [-0.3, -0.25) is 0 Å². The van der Waals surface area contributed by atoms with Gasteiger partial charge < -0.3 is 16.2 Å². The highest BCUT2D eigenvalue weighted by atomic mass is 16.2. The molecule has 3 heteroatoms. The van der Waals surface area contributed by atoms with Crippen LogP contribution in [0.15, 0.2) is 0 Å². The van der Waals surface area contributed by atoms with Crippen molar-refractivity contribution in [1.82, 2.24) is 5.32 Å². The molecule has 2 unspecified atom stereocenters. The monoisotopic (exact) mass is 230 g/mol. The van der Waals surface area contributed by atoms with Gasteiger partial charge in [-0.25, -0.2) is 0 Å². The molecule has 3 nitrogen and oxygen atoms in total. The second-order valence-corrected chi connectivity index (χ2v) is 4.85. The van der Waals surface area contributed by atoms with Crippen LogP contribution in [0, 0.1) is 0 Å². The molecular formula is C13H30N2O. The normalized spacial score (nSPS) is 17.1. The Balaban J connectivity index is 4.17. The maximum absolute atomic E-state index is 8.82. The van der Waals surface area contributed by atoms with Crippen LogP contribution in [-0.4, -0.2) is 29.8 Å². The van der Waals surface area contributed by atoms with E-state index in [0.29, 0.717) is 12.6 Å². The zero-order chi connectivity index (χ0) is 12.4. The van der Waals surface area contributed by atoms with E-state index >= 15 is 0 Å². The van der Waals surface area contributed by atoms with Crippen LogP contribution in [-0.2, 0) is 0 Å². The maximum atomic E-state index is 8.82. The molecule has 0 bridgehead atoms. The van der Waals surface area contributed by atoms with Crippen LogP contribution in [0.2, 0.25) is 0 Å². The van der Waals surface area contributed by atoms with Crippen molar-refractivity contribution in [3.63, 3.8) is 0 Å². The van der Waals surface area contributed by atoms with E-state index in [1.165, 1.54) is 12.8 Å². The van der Waals surface area contributed by atoms with Gasteiger partial charge in [-0.05, 0) is 32.6 Å². The topological polar surface area (TPSA) is 58.3 Å². The average molecular weight is 230 g/mol. The number of aliphatic hydroxyl groups excluding tert-OH is 1. The molecule has 0 aromatic heterocycles. The fourth-order valence-electron chi connectivity index (χ4n) is 2.16. The zero-order valence-corrected chi connectivity index (χ0v) is 11.3. The molecule has 0 saturated heterocycles. The van der Waals surface area contributed by atoms with Crippen LogP contribution in [0.1, 0.15) is 59.3 Å². The lowest BCUT2D eigenvalue weighted by atomic mass is 9.88. The molecule has 0 aliphatic heterocycles. The summed E-state index contributed by atoms with van der Waals surface area (Å²) in [7, 11) is 0. The number of unbranched alkanes of at least 4 members (excludes halogenated alkanes) is 1. The van der Waals surface area contributed by atoms with Gasteiger partial charge in [0.15, 0.2) is 0 Å². The summed E-state index contributed by atoms with van der Waals surface area (Å²) in [4.78, 5) is 0. The molecule has 0 aliphatic carbocycles. The SMILES string of the molecule is CCCCC(CC)(CN)NC(C)CCCO. The van der Waals surface area contributed by atoms with Crippen molar-refractivity contribution in [1.29, 1.82) is 0 Å². The van der Waals surface area contributed by atoms with Gasteiger partial charge >= 0.3 is 0 Å². The third kappa shape index (κ3) is 5.83. The fourth-order valence-corrected chi connectivity index (χ4v) is 2.16. The summed E-state index contributed by atoms with van der Waals surface area (Å²) < 4.78 is 0. The lowest BCUT2D eigenvalue weighted by Gasteiger charge is -2.36. The van der Waals surface area contributed by atoms with Crippen molar-refractivity contribution in [3.05, 3.63) is 0 Å². The standard InChI is InChI=1S/C13H30N2O/c1-4-6-9-13(5-2,11-14)15-12(3)8-7-10-16/h12,15-16H,4-11,14H2,1-3H3. The van der Waals surface area contributed by atoms with Crippen molar-refractivity contribution in [2.75, 3.05) is 13.2 Å². The summed E-state index contributed by atoms with van der Waals surface area (Å²) in [6.07, 6.45) is 6.56. The van der Waals surface area contributed by atoms with Crippen molar-refractivity contribution >= 4 is 0 Å². The van der Waals surface area contributed by atoms with Crippen LogP contribution >= 0.6 is 0 Å². The molecule has 0 fully saturated rings. The second-order valence-electron chi connectivity index (χ2n) is 4.85. The molecule has 16 heavy (non-hydrogen) atoms. The highest BCUT2D eigenvalue weighted by molar-refractivity contribution is 4.89. The van der Waals surface area contributed by atoms with E-state index in [0.717, 1.165) is 25.7 Å². The highest BCUT2D eigenvalue weighted by Crippen LogP contribution is 2.19. The quantitative estimate of drug-likeness (QED) is 0.538. The third-order valence-corrected chi connectivity index (χ3v) is 3.42. The van der Waals surface area contributed by atoms with Crippen LogP contribution in [0.25, 0.3) is 0 Å². The predicted molar refractivity (Wildman–Crippen MR) is 70.5 cm³/mol. The molecule has 0 spiro atoms. The number of nitrogens with two attached hydrogens (primary N) is 1. The summed E-state index contributed by atoms with van der Waals surface area (Å²) in [6.45, 7) is 7.58. The van der Waals surface area contributed by atoms with Gasteiger partial charge in [-0.1, -0.05) is 26.7 Å². The first kappa shape index (κ1) is 15.9. The Kier molecular flexibility index (Phi) is 8.90. The lowest BCUT2D eigenvalue weighted by Crippen LogP contribution is -2.54. The van der Waals surface area contributed by atoms with Gasteiger partial charge in [-0.15, -0.1) is 0 Å². The van der Waals surface area contributed by atoms with Gasteiger partial charge in [0.05, 0.1) is 0 Å². The predicted octanol–water partition coefficient (Wildman–Crippen LogP) is 2.03. The van der Waals surface area contributed by atoms with E-state index in [1.54, 1.807) is 0 Å². The van der Waals surface area contributed by atoms with Gasteiger partial charge in [0.25, 0.3) is 0 Å². The first-order valence-corrected chi connectivity index (χ1v) is 6.72. The minimum Gasteiger partial charge on any atom is -0.396 e. The molecule has 0 rings (SSSR count). The lowest BCUT2D eigenvalue weighted by molar-refractivity contribution is 0.237. The van der Waals surface area contributed by atoms with E-state index in [2.05, 4.69) is 26.1 Å². The third-order valence-electron chi connectivity index (χ3n) is 3.42. The fraction of sp³-hybridized carbons (Fsp3) is 1.00. The largest absolute Gasteiger partial charge is 0.396 e. The molecule has 0 aliphatic rings. The first-order valence-electron chi connectivity index (χ1n) is 6.72. The smallest absolute Gasteiger partial charge is 0.0431 e. The van der Waals surface area contributed by atoms with Crippen LogP contribution in [0.4, 0.5) is 0 Å². The van der Waals surface area contributed by atoms with E-state index in [1.807, 2.05) is 0 Å². The number of rotatable bonds is 10. The highest BCUT2D eigenvalue weighted by Gasteiger charge is 2.26. The van der Waals surface area contributed by atoms with Gasteiger partial charge in [0.1, 0.15) is 0 Å². The Hall–Kier alpha value is -0.120. The molecule has 4 N–H and O–H groups in total. The van der Waals surface area contributed by atoms with Crippen molar-refractivity contribution < 1.29 is 5.11 Å². The average Bonchev–Trinajstić information content (AvgIpc) is 2.32. The summed E-state index contributed by atoms with van der Waals surface area (Å²) in [5.41, 5.74) is 6.03. The van der Waals surface area contributed by atoms with Gasteiger partial charge in [-0.2, -0.15) is 0 Å². The van der Waals surface area contributed by atoms with Crippen LogP contribution in [0.5, 0.6) is 0 Å². The Bertz CT molecular complexity index is 158. The number of hydrogen-bond acceptors (Lipinski definition) is 3. The maximum Gasteiger partial charge on any atom is 0.0431 e. The summed E-state index contributed by atoms with van der Waals surface area (Å²) >= 11 is 0. The zero-order valence-electron chi connectivity index (χ0n) is 11.3. The Labute approximate surface area is 101 Å². The van der Waals surface area contributed by atoms with Crippen LogP contribution < -0.4 is 11.1 Å². The minimum atomic E-state index is 0.102. The Morgan fingerprint density at radius 1 is 1.31 bits per heavy atom. The van der Waals surface area contributed by atoms with Gasteiger partial charge in [0.2, 0.25) is 0 Å². The summed E-state index contributed by atoms with van der Waals surface area (Å²) in [6, 6.07) is 0.438. The molecule has 0 amide bonds. The minimum absolute atomic E-state index is 0.102. The first-order chi connectivity index (χ1) is 7.64. The molecular weight excluding hydrogens is 200 g/mol. The number of hydrogen-bond donors (Lipinski definition) is 3.